The SMILES string of the molecule is CC(C)OC(=O)C(O)Cn1cncn1. The summed E-state index contributed by atoms with van der Waals surface area (Å²) < 4.78 is 6.18. The van der Waals surface area contributed by atoms with Gasteiger partial charge in [-0.15, -0.1) is 0 Å². The number of nitrogens with zero attached hydrogens (tertiary/aromatic N) is 3. The number of aromatic nitrogens is 3. The van der Waals surface area contributed by atoms with Crippen molar-refractivity contribution in [3.05, 3.63) is 12.7 Å². The Balaban J connectivity index is 2.42. The Morgan fingerprint density at radius 3 is 2.86 bits per heavy atom. The highest BCUT2D eigenvalue weighted by Crippen LogP contribution is 1.96. The molecular weight excluding hydrogens is 186 g/mol. The molecule has 0 aliphatic rings. The van der Waals surface area contributed by atoms with E-state index in [0.29, 0.717) is 0 Å². The van der Waals surface area contributed by atoms with Gasteiger partial charge in [0.15, 0.2) is 6.10 Å². The standard InChI is InChI=1S/C8H13N3O3/c1-6(2)14-8(13)7(12)3-11-5-9-4-10-11/h4-7,12H,3H2,1-2H3. The minimum Gasteiger partial charge on any atom is -0.461 e. The fourth-order valence-electron chi connectivity index (χ4n) is 0.890. The maximum Gasteiger partial charge on any atom is 0.337 e. The van der Waals surface area contributed by atoms with E-state index in [2.05, 4.69) is 10.1 Å². The zero-order valence-corrected chi connectivity index (χ0v) is 8.12. The van der Waals surface area contributed by atoms with Gasteiger partial charge in [-0.3, -0.25) is 0 Å². The van der Waals surface area contributed by atoms with E-state index in [1.807, 2.05) is 0 Å². The summed E-state index contributed by atoms with van der Waals surface area (Å²) in [5.41, 5.74) is 0. The molecule has 0 amide bonds. The van der Waals surface area contributed by atoms with Gasteiger partial charge in [0.1, 0.15) is 12.7 Å². The van der Waals surface area contributed by atoms with E-state index < -0.39 is 12.1 Å². The first-order chi connectivity index (χ1) is 6.59. The van der Waals surface area contributed by atoms with Crippen molar-refractivity contribution in [3.63, 3.8) is 0 Å². The molecule has 6 nitrogen and oxygen atoms in total. The van der Waals surface area contributed by atoms with E-state index in [4.69, 9.17) is 4.74 Å². The zero-order valence-electron chi connectivity index (χ0n) is 8.12. The lowest BCUT2D eigenvalue weighted by atomic mass is 10.3. The van der Waals surface area contributed by atoms with E-state index in [1.165, 1.54) is 17.3 Å². The minimum atomic E-state index is -1.20. The highest BCUT2D eigenvalue weighted by atomic mass is 16.6. The fourth-order valence-corrected chi connectivity index (χ4v) is 0.890. The van der Waals surface area contributed by atoms with Crippen LogP contribution in [0.4, 0.5) is 0 Å². The van der Waals surface area contributed by atoms with Gasteiger partial charge in [-0.05, 0) is 13.8 Å². The Kier molecular flexibility index (Phi) is 3.58. The number of aliphatic hydroxyl groups excluding tert-OH is 1. The molecule has 0 bridgehead atoms. The van der Waals surface area contributed by atoms with Crippen molar-refractivity contribution in [2.75, 3.05) is 0 Å². The van der Waals surface area contributed by atoms with Crippen molar-refractivity contribution in [3.8, 4) is 0 Å². The van der Waals surface area contributed by atoms with Crippen molar-refractivity contribution >= 4 is 5.97 Å². The third-order valence-corrected chi connectivity index (χ3v) is 1.45. The molecule has 1 aromatic rings. The second-order valence-corrected chi connectivity index (χ2v) is 3.12. The minimum absolute atomic E-state index is 0.0611. The Labute approximate surface area is 81.5 Å². The van der Waals surface area contributed by atoms with Crippen molar-refractivity contribution in [1.82, 2.24) is 14.8 Å². The first-order valence-corrected chi connectivity index (χ1v) is 4.30. The maximum absolute atomic E-state index is 11.1. The molecule has 0 saturated carbocycles. The van der Waals surface area contributed by atoms with Gasteiger partial charge in [0.2, 0.25) is 0 Å². The Bertz CT molecular complexity index is 284. The van der Waals surface area contributed by atoms with Crippen LogP contribution in [0.15, 0.2) is 12.7 Å². The number of hydrogen-bond donors (Lipinski definition) is 1. The lowest BCUT2D eigenvalue weighted by Crippen LogP contribution is -2.30. The van der Waals surface area contributed by atoms with Crippen LogP contribution in [0.25, 0.3) is 0 Å². The van der Waals surface area contributed by atoms with Crippen molar-refractivity contribution in [2.45, 2.75) is 32.6 Å². The molecule has 0 aliphatic carbocycles. The number of carbonyl (C=O) groups excluding carboxylic acids is 1. The number of ether oxygens (including phenoxy) is 1. The van der Waals surface area contributed by atoms with Crippen LogP contribution in [-0.4, -0.2) is 38.0 Å². The fraction of sp³-hybridized carbons (Fsp3) is 0.625. The van der Waals surface area contributed by atoms with Crippen LogP contribution < -0.4 is 0 Å². The van der Waals surface area contributed by atoms with Gasteiger partial charge >= 0.3 is 5.97 Å². The molecule has 1 aromatic heterocycles. The molecule has 1 rings (SSSR count). The number of esters is 1. The van der Waals surface area contributed by atoms with Gasteiger partial charge in [-0.25, -0.2) is 14.5 Å². The van der Waals surface area contributed by atoms with Crippen molar-refractivity contribution < 1.29 is 14.6 Å². The van der Waals surface area contributed by atoms with Gasteiger partial charge in [0, 0.05) is 0 Å². The molecule has 0 spiro atoms. The molecule has 0 fully saturated rings. The Hall–Kier alpha value is -1.43. The molecule has 14 heavy (non-hydrogen) atoms. The average Bonchev–Trinajstić information content (AvgIpc) is 2.55. The molecule has 1 N–H and O–H groups in total. The lowest BCUT2D eigenvalue weighted by molar-refractivity contribution is -0.158. The van der Waals surface area contributed by atoms with Gasteiger partial charge in [0.05, 0.1) is 12.6 Å². The van der Waals surface area contributed by atoms with Crippen LogP contribution >= 0.6 is 0 Å². The topological polar surface area (TPSA) is 77.2 Å². The Morgan fingerprint density at radius 1 is 1.64 bits per heavy atom. The highest BCUT2D eigenvalue weighted by molar-refractivity contribution is 5.74. The predicted molar refractivity (Wildman–Crippen MR) is 47.3 cm³/mol. The summed E-state index contributed by atoms with van der Waals surface area (Å²) >= 11 is 0. The van der Waals surface area contributed by atoms with Gasteiger partial charge in [-0.2, -0.15) is 5.10 Å². The summed E-state index contributed by atoms with van der Waals surface area (Å²) in [5.74, 6) is -0.643. The zero-order chi connectivity index (χ0) is 10.6. The summed E-state index contributed by atoms with van der Waals surface area (Å²) in [7, 11) is 0. The molecular formula is C8H13N3O3. The quantitative estimate of drug-likeness (QED) is 0.667. The molecule has 6 heteroatoms. The number of carbonyl (C=O) groups is 1. The second-order valence-electron chi connectivity index (χ2n) is 3.12. The molecule has 1 unspecified atom stereocenters. The van der Waals surface area contributed by atoms with Gasteiger partial charge < -0.3 is 9.84 Å². The average molecular weight is 199 g/mol. The van der Waals surface area contributed by atoms with Crippen LogP contribution in [0, 0.1) is 0 Å². The number of hydrogen-bond acceptors (Lipinski definition) is 5. The molecule has 0 saturated heterocycles. The third kappa shape index (κ3) is 3.14. The summed E-state index contributed by atoms with van der Waals surface area (Å²) in [6, 6.07) is 0. The molecule has 1 heterocycles. The van der Waals surface area contributed by atoms with E-state index in [1.54, 1.807) is 13.8 Å². The van der Waals surface area contributed by atoms with Crippen LogP contribution in [0.3, 0.4) is 0 Å². The third-order valence-electron chi connectivity index (χ3n) is 1.45. The van der Waals surface area contributed by atoms with Crippen LogP contribution in [0.2, 0.25) is 0 Å². The molecule has 0 aliphatic heterocycles. The van der Waals surface area contributed by atoms with Crippen LogP contribution in [-0.2, 0) is 16.1 Å². The van der Waals surface area contributed by atoms with E-state index in [-0.39, 0.29) is 12.6 Å². The molecule has 1 atom stereocenters. The number of aliphatic hydroxyl groups is 1. The number of rotatable bonds is 4. The summed E-state index contributed by atoms with van der Waals surface area (Å²) in [5, 5.41) is 13.1. The van der Waals surface area contributed by atoms with Crippen molar-refractivity contribution in [2.24, 2.45) is 0 Å². The van der Waals surface area contributed by atoms with Crippen LogP contribution in [0.1, 0.15) is 13.8 Å². The van der Waals surface area contributed by atoms with Crippen molar-refractivity contribution in [1.29, 1.82) is 0 Å². The smallest absolute Gasteiger partial charge is 0.337 e. The summed E-state index contributed by atoms with van der Waals surface area (Å²) in [6.07, 6.45) is 1.33. The monoisotopic (exact) mass is 199 g/mol. The maximum atomic E-state index is 11.1. The highest BCUT2D eigenvalue weighted by Gasteiger charge is 2.18. The predicted octanol–water partition coefficient (Wildman–Crippen LogP) is -0.409. The first kappa shape index (κ1) is 10.6. The molecule has 78 valence electrons. The summed E-state index contributed by atoms with van der Waals surface area (Å²) in [6.45, 7) is 3.51. The largest absolute Gasteiger partial charge is 0.461 e. The van der Waals surface area contributed by atoms with Gasteiger partial charge in [0.25, 0.3) is 0 Å². The van der Waals surface area contributed by atoms with E-state index >= 15 is 0 Å². The summed E-state index contributed by atoms with van der Waals surface area (Å²) in [4.78, 5) is 14.8. The lowest BCUT2D eigenvalue weighted by Gasteiger charge is -2.12. The van der Waals surface area contributed by atoms with Crippen LogP contribution in [0.5, 0.6) is 0 Å². The second kappa shape index (κ2) is 4.71. The van der Waals surface area contributed by atoms with E-state index in [0.717, 1.165) is 0 Å². The molecule has 0 radical (unpaired) electrons. The van der Waals surface area contributed by atoms with Gasteiger partial charge in [-0.1, -0.05) is 0 Å². The first-order valence-electron chi connectivity index (χ1n) is 4.30. The Morgan fingerprint density at radius 2 is 2.36 bits per heavy atom. The van der Waals surface area contributed by atoms with E-state index in [9.17, 15) is 9.90 Å². The normalized spacial score (nSPS) is 12.9. The molecule has 0 aromatic carbocycles.